The molecule has 0 aliphatic heterocycles. The summed E-state index contributed by atoms with van der Waals surface area (Å²) < 4.78 is 18.0. The van der Waals surface area contributed by atoms with Gasteiger partial charge in [0, 0.05) is 36.6 Å². The molecule has 0 fully saturated rings. The van der Waals surface area contributed by atoms with Crippen molar-refractivity contribution in [3.63, 3.8) is 0 Å². The van der Waals surface area contributed by atoms with Gasteiger partial charge >= 0.3 is 0 Å². The lowest BCUT2D eigenvalue weighted by Gasteiger charge is -2.12. The van der Waals surface area contributed by atoms with Crippen LogP contribution in [0.5, 0.6) is 0 Å². The monoisotopic (exact) mass is 566 g/mol. The Labute approximate surface area is 238 Å². The molecule has 10 heteroatoms. The van der Waals surface area contributed by atoms with Crippen LogP contribution in [0.2, 0.25) is 0 Å². The number of H-pyrrole nitrogens is 2. The van der Waals surface area contributed by atoms with Crippen LogP contribution in [0.15, 0.2) is 67.0 Å². The average Bonchev–Trinajstić information content (AvgIpc) is 3.58. The smallest absolute Gasteiger partial charge is 0.161 e. The van der Waals surface area contributed by atoms with E-state index in [-0.39, 0.29) is 5.82 Å². The Morgan fingerprint density at radius 3 is 2.59 bits per heavy atom. The summed E-state index contributed by atoms with van der Waals surface area (Å²) in [6.45, 7) is 4.18. The zero-order chi connectivity index (χ0) is 28.6. The lowest BCUT2D eigenvalue weighted by atomic mass is 10.0. The van der Waals surface area contributed by atoms with Crippen molar-refractivity contribution in [1.82, 2.24) is 40.2 Å². The molecule has 4 aromatic heterocycles. The van der Waals surface area contributed by atoms with Crippen LogP contribution in [0.25, 0.3) is 56.0 Å². The van der Waals surface area contributed by atoms with Crippen molar-refractivity contribution in [1.29, 1.82) is 0 Å². The van der Waals surface area contributed by atoms with Gasteiger partial charge in [0.05, 0.1) is 22.2 Å². The fourth-order valence-electron chi connectivity index (χ4n) is 4.76. The number of nitrogens with one attached hydrogen (secondary N) is 4. The molecule has 4 heterocycles. The summed E-state index contributed by atoms with van der Waals surface area (Å²) in [7, 11) is -1.43. The molecule has 208 valence electrons. The van der Waals surface area contributed by atoms with Gasteiger partial charge in [0.2, 0.25) is 0 Å². The summed E-state index contributed by atoms with van der Waals surface area (Å²) in [6.07, 6.45) is 5.63. The van der Waals surface area contributed by atoms with Gasteiger partial charge in [-0.25, -0.2) is 14.4 Å². The van der Waals surface area contributed by atoms with Gasteiger partial charge in [-0.15, -0.1) is 0 Å². The van der Waals surface area contributed by atoms with Gasteiger partial charge in [-0.05, 0) is 72.0 Å². The van der Waals surface area contributed by atoms with E-state index in [0.29, 0.717) is 23.6 Å². The Morgan fingerprint density at radius 1 is 0.902 bits per heavy atom. The number of imidazole rings is 1. The van der Waals surface area contributed by atoms with E-state index < -0.39 is 9.39 Å². The van der Waals surface area contributed by atoms with E-state index in [4.69, 9.17) is 9.97 Å². The predicted octanol–water partition coefficient (Wildman–Crippen LogP) is 5.78. The highest BCUT2D eigenvalue weighted by atomic mass is 32.2. The first-order chi connectivity index (χ1) is 19.8. The number of aromatic amines is 2. The minimum absolute atomic E-state index is 0.309. The summed E-state index contributed by atoms with van der Waals surface area (Å²) in [5.74, 6) is 8.37. The van der Waals surface area contributed by atoms with Crippen LogP contribution in [0.1, 0.15) is 18.1 Å². The van der Waals surface area contributed by atoms with E-state index >= 15 is 0 Å². The highest BCUT2D eigenvalue weighted by Gasteiger charge is 2.17. The van der Waals surface area contributed by atoms with E-state index in [0.717, 1.165) is 63.2 Å². The van der Waals surface area contributed by atoms with Crippen LogP contribution < -0.4 is 10.0 Å². The molecule has 0 amide bonds. The maximum absolute atomic E-state index is 14.7. The molecule has 0 bridgehead atoms. The fraction of sp³-hybridized carbons (Fsp3) is 0.161. The minimum atomic E-state index is -1.43. The average molecular weight is 567 g/mol. The zero-order valence-corrected chi connectivity index (χ0v) is 23.8. The molecule has 0 saturated heterocycles. The van der Waals surface area contributed by atoms with Crippen molar-refractivity contribution < 1.29 is 4.39 Å². The lowest BCUT2D eigenvalue weighted by molar-refractivity contribution is 0.625. The number of pyridine rings is 2. The summed E-state index contributed by atoms with van der Waals surface area (Å²) in [5, 5.41) is 11.0. The Hall–Kier alpha value is -4.38. The molecule has 0 aliphatic rings. The predicted molar refractivity (Wildman–Crippen MR) is 170 cm³/mol. The number of para-hydroxylation sites is 1. The molecular formula is C31H31FN8S. The van der Waals surface area contributed by atoms with Crippen molar-refractivity contribution >= 4 is 43.2 Å². The van der Waals surface area contributed by atoms with Crippen LogP contribution in [-0.2, 0) is 13.1 Å². The second kappa shape index (κ2) is 10.9. The number of hydrogen-bond donors (Lipinski definition) is 4. The topological polar surface area (TPSA) is 107 Å². The van der Waals surface area contributed by atoms with Gasteiger partial charge < -0.3 is 10.3 Å². The summed E-state index contributed by atoms with van der Waals surface area (Å²) in [5.41, 5.74) is 8.85. The summed E-state index contributed by atoms with van der Waals surface area (Å²) in [6, 6.07) is 16.9. The van der Waals surface area contributed by atoms with Gasteiger partial charge in [-0.3, -0.25) is 14.8 Å². The van der Waals surface area contributed by atoms with Crippen molar-refractivity contribution in [3.05, 3.63) is 83.9 Å². The number of benzene rings is 2. The molecule has 4 N–H and O–H groups in total. The molecule has 41 heavy (non-hydrogen) atoms. The highest BCUT2D eigenvalue weighted by Crippen LogP contribution is 2.33. The highest BCUT2D eigenvalue weighted by molar-refractivity contribution is 8.25. The molecule has 0 atom stereocenters. The Kier molecular flexibility index (Phi) is 7.12. The molecule has 0 aliphatic carbocycles. The molecule has 6 rings (SSSR count). The lowest BCUT2D eigenvalue weighted by Crippen LogP contribution is -2.11. The van der Waals surface area contributed by atoms with Crippen LogP contribution in [0, 0.1) is 5.82 Å². The number of rotatable bonds is 9. The second-order valence-corrected chi connectivity index (χ2v) is 13.1. The van der Waals surface area contributed by atoms with E-state index in [9.17, 15) is 4.39 Å². The number of halogens is 1. The van der Waals surface area contributed by atoms with E-state index in [1.165, 1.54) is 12.1 Å². The molecule has 0 radical (unpaired) electrons. The van der Waals surface area contributed by atoms with Gasteiger partial charge in [0.15, 0.2) is 11.5 Å². The third-order valence-corrected chi connectivity index (χ3v) is 7.55. The third kappa shape index (κ3) is 5.76. The molecule has 2 aromatic carbocycles. The first-order valence-corrected chi connectivity index (χ1v) is 15.6. The number of hydrogen-bond acceptors (Lipinski definition) is 6. The van der Waals surface area contributed by atoms with Gasteiger partial charge in [-0.1, -0.05) is 30.8 Å². The largest absolute Gasteiger partial charge is 0.336 e. The number of fused-ring (bicyclic) bond motifs is 2. The zero-order valence-electron chi connectivity index (χ0n) is 23.0. The second-order valence-electron chi connectivity index (χ2n) is 10.3. The Morgan fingerprint density at radius 2 is 1.76 bits per heavy atom. The Bertz CT molecular complexity index is 1990. The first kappa shape index (κ1) is 26.8. The molecule has 0 unspecified atom stereocenters. The van der Waals surface area contributed by atoms with E-state index in [1.807, 2.05) is 55.0 Å². The standard InChI is InChI=1S/C31H31FN8S/c1-5-33-15-20-12-22(18-34-16-20)25-9-10-27-29(36-25)30(40-39-27)31-37-26-8-6-7-24(28(26)38-31)21-11-19(13-23(32)14-21)17-35-41(2,3)4/h6-14,16,18,33,35H,2-3,5,15,17H2,1,4H3,(H,37,38)(H,39,40). The minimum Gasteiger partial charge on any atom is -0.336 e. The normalized spacial score (nSPS) is 12.0. The number of aromatic nitrogens is 6. The van der Waals surface area contributed by atoms with Gasteiger partial charge in [0.1, 0.15) is 11.3 Å². The van der Waals surface area contributed by atoms with Crippen molar-refractivity contribution in [3.8, 4) is 33.9 Å². The Balaban J connectivity index is 1.39. The molecular weight excluding hydrogens is 535 g/mol. The summed E-state index contributed by atoms with van der Waals surface area (Å²) >= 11 is 0. The fourth-order valence-corrected chi connectivity index (χ4v) is 5.28. The van der Waals surface area contributed by atoms with E-state index in [1.54, 1.807) is 0 Å². The van der Waals surface area contributed by atoms with Crippen molar-refractivity contribution in [2.45, 2.75) is 20.0 Å². The SMILES string of the molecule is C=S(=C)(C)NCc1cc(F)cc(-c2cccc3[nH]c(-c4n[nH]c5ccc(-c6cncc(CNCC)c6)nc45)nc23)c1. The molecule has 0 saturated carbocycles. The van der Waals surface area contributed by atoms with Crippen LogP contribution in [0.4, 0.5) is 4.39 Å². The van der Waals surface area contributed by atoms with Crippen LogP contribution in [-0.4, -0.2) is 54.7 Å². The maximum atomic E-state index is 14.7. The quantitative estimate of drug-likeness (QED) is 0.165. The van der Waals surface area contributed by atoms with Crippen molar-refractivity contribution in [2.24, 2.45) is 0 Å². The number of nitrogens with zero attached hydrogens (tertiary/aromatic N) is 4. The summed E-state index contributed by atoms with van der Waals surface area (Å²) in [4.78, 5) is 17.7. The first-order valence-electron chi connectivity index (χ1n) is 13.3. The van der Waals surface area contributed by atoms with Crippen LogP contribution in [0.3, 0.4) is 0 Å². The molecule has 6 aromatic rings. The molecule has 8 nitrogen and oxygen atoms in total. The maximum Gasteiger partial charge on any atom is 0.161 e. The van der Waals surface area contributed by atoms with Crippen LogP contribution >= 0.6 is 9.39 Å². The van der Waals surface area contributed by atoms with Gasteiger partial charge in [-0.2, -0.15) is 14.5 Å². The van der Waals surface area contributed by atoms with Crippen molar-refractivity contribution in [2.75, 3.05) is 12.8 Å². The van der Waals surface area contributed by atoms with Gasteiger partial charge in [0.25, 0.3) is 0 Å². The third-order valence-electron chi connectivity index (χ3n) is 6.71. The molecule has 0 spiro atoms. The van der Waals surface area contributed by atoms with E-state index in [2.05, 4.69) is 54.9 Å².